The van der Waals surface area contributed by atoms with Crippen LogP contribution in [0.3, 0.4) is 0 Å². The Balaban J connectivity index is 1.95. The zero-order chi connectivity index (χ0) is 18.2. The monoisotopic (exact) mass is 346 g/mol. The first kappa shape index (κ1) is 19.7. The molecule has 1 saturated heterocycles. The third kappa shape index (κ3) is 6.67. The van der Waals surface area contributed by atoms with Gasteiger partial charge in [0.05, 0.1) is 12.2 Å². The average molecular weight is 347 g/mol. The summed E-state index contributed by atoms with van der Waals surface area (Å²) >= 11 is 0. The summed E-state index contributed by atoms with van der Waals surface area (Å²) in [7, 11) is 1.82. The van der Waals surface area contributed by atoms with Gasteiger partial charge in [-0.2, -0.15) is 0 Å². The lowest BCUT2D eigenvalue weighted by molar-refractivity contribution is -0.0705. The van der Waals surface area contributed by atoms with Gasteiger partial charge in [-0.25, -0.2) is 0 Å². The zero-order valence-electron chi connectivity index (χ0n) is 16.4. The van der Waals surface area contributed by atoms with Crippen molar-refractivity contribution < 1.29 is 4.74 Å². The molecule has 5 nitrogen and oxygen atoms in total. The molecule has 1 heterocycles. The zero-order valence-corrected chi connectivity index (χ0v) is 16.4. The number of guanidine groups is 1. The van der Waals surface area contributed by atoms with Crippen molar-refractivity contribution in [2.75, 3.05) is 26.7 Å². The lowest BCUT2D eigenvalue weighted by Crippen LogP contribution is -2.45. The summed E-state index contributed by atoms with van der Waals surface area (Å²) < 4.78 is 5.85. The summed E-state index contributed by atoms with van der Waals surface area (Å²) in [6, 6.07) is 8.66. The summed E-state index contributed by atoms with van der Waals surface area (Å²) in [5.74, 6) is 1.45. The van der Waals surface area contributed by atoms with Crippen LogP contribution >= 0.6 is 0 Å². The van der Waals surface area contributed by atoms with E-state index in [2.05, 4.69) is 72.5 Å². The molecule has 0 amide bonds. The standard InChI is InChI=1S/C20H34N4O/c1-15(2)10-22-20(21-5)23-11-18-8-6-7-9-19(18)14-24-12-16(3)25-17(4)13-24/h6-9,15-17H,10-14H2,1-5H3,(H2,21,22,23). The Morgan fingerprint density at radius 2 is 1.80 bits per heavy atom. The topological polar surface area (TPSA) is 48.9 Å². The lowest BCUT2D eigenvalue weighted by atomic mass is 10.1. The first-order valence-electron chi connectivity index (χ1n) is 9.37. The fourth-order valence-electron chi connectivity index (χ4n) is 3.24. The van der Waals surface area contributed by atoms with Crippen molar-refractivity contribution in [2.45, 2.75) is 53.0 Å². The van der Waals surface area contributed by atoms with E-state index >= 15 is 0 Å². The van der Waals surface area contributed by atoms with Crippen LogP contribution in [0.4, 0.5) is 0 Å². The molecule has 1 aromatic carbocycles. The highest BCUT2D eigenvalue weighted by Crippen LogP contribution is 2.17. The minimum absolute atomic E-state index is 0.299. The van der Waals surface area contributed by atoms with E-state index in [1.54, 1.807) is 0 Å². The maximum absolute atomic E-state index is 5.85. The van der Waals surface area contributed by atoms with Gasteiger partial charge < -0.3 is 15.4 Å². The first-order valence-corrected chi connectivity index (χ1v) is 9.37. The second-order valence-corrected chi connectivity index (χ2v) is 7.42. The van der Waals surface area contributed by atoms with Crippen LogP contribution in [0.5, 0.6) is 0 Å². The number of morpholine rings is 1. The number of nitrogens with one attached hydrogen (secondary N) is 2. The van der Waals surface area contributed by atoms with E-state index in [-0.39, 0.29) is 0 Å². The van der Waals surface area contributed by atoms with Gasteiger partial charge in [0, 0.05) is 39.8 Å². The number of benzene rings is 1. The van der Waals surface area contributed by atoms with Crippen LogP contribution in [0.1, 0.15) is 38.8 Å². The number of nitrogens with zero attached hydrogens (tertiary/aromatic N) is 2. The Labute approximate surface area is 152 Å². The summed E-state index contributed by atoms with van der Waals surface area (Å²) in [4.78, 5) is 6.80. The van der Waals surface area contributed by atoms with Crippen LogP contribution in [0.15, 0.2) is 29.3 Å². The Bertz CT molecular complexity index is 548. The van der Waals surface area contributed by atoms with Crippen LogP contribution in [0, 0.1) is 5.92 Å². The second kappa shape index (κ2) is 9.78. The minimum Gasteiger partial charge on any atom is -0.373 e. The van der Waals surface area contributed by atoms with E-state index < -0.39 is 0 Å². The van der Waals surface area contributed by atoms with Crippen molar-refractivity contribution in [3.05, 3.63) is 35.4 Å². The summed E-state index contributed by atoms with van der Waals surface area (Å²) in [6.45, 7) is 13.3. The Morgan fingerprint density at radius 3 is 2.40 bits per heavy atom. The molecule has 0 saturated carbocycles. The molecular weight excluding hydrogens is 312 g/mol. The van der Waals surface area contributed by atoms with E-state index in [0.717, 1.165) is 38.7 Å². The molecule has 140 valence electrons. The SMILES string of the molecule is CN=C(NCc1ccccc1CN1CC(C)OC(C)C1)NCC(C)C. The van der Waals surface area contributed by atoms with Crippen molar-refractivity contribution >= 4 is 5.96 Å². The smallest absolute Gasteiger partial charge is 0.191 e. The molecule has 0 aromatic heterocycles. The Kier molecular flexibility index (Phi) is 7.72. The first-order chi connectivity index (χ1) is 12.0. The van der Waals surface area contributed by atoms with E-state index in [1.807, 2.05) is 7.05 Å². The normalized spacial score (nSPS) is 22.2. The molecule has 2 atom stereocenters. The van der Waals surface area contributed by atoms with Crippen LogP contribution in [0.25, 0.3) is 0 Å². The highest BCUT2D eigenvalue weighted by atomic mass is 16.5. The Morgan fingerprint density at radius 1 is 1.16 bits per heavy atom. The minimum atomic E-state index is 0.299. The molecule has 5 heteroatoms. The van der Waals surface area contributed by atoms with Crippen LogP contribution in [-0.2, 0) is 17.8 Å². The van der Waals surface area contributed by atoms with Gasteiger partial charge in [-0.05, 0) is 30.9 Å². The maximum atomic E-state index is 5.85. The molecule has 2 N–H and O–H groups in total. The van der Waals surface area contributed by atoms with Gasteiger partial charge in [0.1, 0.15) is 0 Å². The van der Waals surface area contributed by atoms with E-state index in [9.17, 15) is 0 Å². The quantitative estimate of drug-likeness (QED) is 0.614. The third-order valence-corrected chi connectivity index (χ3v) is 4.36. The number of ether oxygens (including phenoxy) is 1. The molecular formula is C20H34N4O. The van der Waals surface area contributed by atoms with Crippen molar-refractivity contribution in [2.24, 2.45) is 10.9 Å². The molecule has 0 aliphatic carbocycles. The second-order valence-electron chi connectivity index (χ2n) is 7.42. The summed E-state index contributed by atoms with van der Waals surface area (Å²) in [5, 5.41) is 6.80. The maximum Gasteiger partial charge on any atom is 0.191 e. The molecule has 1 aliphatic heterocycles. The largest absolute Gasteiger partial charge is 0.373 e. The predicted molar refractivity (Wildman–Crippen MR) is 105 cm³/mol. The molecule has 2 rings (SSSR count). The van der Waals surface area contributed by atoms with Crippen molar-refractivity contribution in [3.63, 3.8) is 0 Å². The lowest BCUT2D eigenvalue weighted by Gasteiger charge is -2.35. The molecule has 0 spiro atoms. The van der Waals surface area contributed by atoms with E-state index in [0.29, 0.717) is 18.1 Å². The molecule has 2 unspecified atom stereocenters. The van der Waals surface area contributed by atoms with E-state index in [4.69, 9.17) is 4.74 Å². The van der Waals surface area contributed by atoms with E-state index in [1.165, 1.54) is 11.1 Å². The van der Waals surface area contributed by atoms with Gasteiger partial charge in [0.25, 0.3) is 0 Å². The van der Waals surface area contributed by atoms with Crippen LogP contribution in [0.2, 0.25) is 0 Å². The van der Waals surface area contributed by atoms with Crippen molar-refractivity contribution in [1.82, 2.24) is 15.5 Å². The molecule has 0 radical (unpaired) electrons. The molecule has 1 fully saturated rings. The molecule has 0 bridgehead atoms. The molecule has 1 aromatic rings. The number of aliphatic imine (C=N–C) groups is 1. The fraction of sp³-hybridized carbons (Fsp3) is 0.650. The summed E-state index contributed by atoms with van der Waals surface area (Å²) in [5.41, 5.74) is 2.69. The van der Waals surface area contributed by atoms with Gasteiger partial charge in [-0.3, -0.25) is 9.89 Å². The van der Waals surface area contributed by atoms with Gasteiger partial charge in [-0.1, -0.05) is 38.1 Å². The van der Waals surface area contributed by atoms with Crippen molar-refractivity contribution in [1.29, 1.82) is 0 Å². The highest BCUT2D eigenvalue weighted by molar-refractivity contribution is 5.79. The van der Waals surface area contributed by atoms with Gasteiger partial charge in [0.2, 0.25) is 0 Å². The van der Waals surface area contributed by atoms with Gasteiger partial charge in [0.15, 0.2) is 5.96 Å². The number of hydrogen-bond donors (Lipinski definition) is 2. The molecule has 1 aliphatic rings. The van der Waals surface area contributed by atoms with Crippen LogP contribution in [-0.4, -0.2) is 49.7 Å². The molecule has 25 heavy (non-hydrogen) atoms. The van der Waals surface area contributed by atoms with Crippen LogP contribution < -0.4 is 10.6 Å². The van der Waals surface area contributed by atoms with Gasteiger partial charge >= 0.3 is 0 Å². The summed E-state index contributed by atoms with van der Waals surface area (Å²) in [6.07, 6.45) is 0.598. The number of hydrogen-bond acceptors (Lipinski definition) is 3. The third-order valence-electron chi connectivity index (χ3n) is 4.36. The number of rotatable bonds is 6. The highest BCUT2D eigenvalue weighted by Gasteiger charge is 2.22. The Hall–Kier alpha value is -1.59. The fourth-order valence-corrected chi connectivity index (χ4v) is 3.24. The average Bonchev–Trinajstić information content (AvgIpc) is 2.55. The van der Waals surface area contributed by atoms with Crippen molar-refractivity contribution in [3.8, 4) is 0 Å². The predicted octanol–water partition coefficient (Wildman–Crippen LogP) is 2.62. The van der Waals surface area contributed by atoms with Gasteiger partial charge in [-0.15, -0.1) is 0 Å².